The number of rotatable bonds is 15. The number of carbonyl (C=O) groups excluding carboxylic acids is 2. The molecule has 0 amide bonds. The van der Waals surface area contributed by atoms with Gasteiger partial charge in [0.25, 0.3) is 0 Å². The van der Waals surface area contributed by atoms with E-state index in [0.717, 1.165) is 0 Å². The molecule has 0 saturated carbocycles. The summed E-state index contributed by atoms with van der Waals surface area (Å²) in [7, 11) is 0. The lowest BCUT2D eigenvalue weighted by atomic mass is 10.0. The third kappa shape index (κ3) is 28.5. The Balaban J connectivity index is -0.000000139. The van der Waals surface area contributed by atoms with Crippen LogP contribution < -0.4 is 0 Å². The number of carbonyl (C=O) groups is 2. The van der Waals surface area contributed by atoms with Gasteiger partial charge in [-0.3, -0.25) is 0 Å². The highest BCUT2D eigenvalue weighted by atomic mass is 16.4. The summed E-state index contributed by atoms with van der Waals surface area (Å²) in [5.74, 6) is 0. The second-order valence-electron chi connectivity index (χ2n) is 7.55. The van der Waals surface area contributed by atoms with E-state index in [1.54, 1.807) is 6.92 Å². The number of hydrogen-bond acceptors (Lipinski definition) is 20. The second kappa shape index (κ2) is 33.1. The van der Waals surface area contributed by atoms with Gasteiger partial charge in [0, 0.05) is 6.61 Å². The molecule has 10 atom stereocenters. The number of aldehydes is 2. The van der Waals surface area contributed by atoms with Crippen molar-refractivity contribution in [1.29, 1.82) is 0 Å². The first-order chi connectivity index (χ1) is 19.0. The molecule has 0 rings (SSSR count). The molecule has 41 heavy (non-hydrogen) atoms. The lowest BCUT2D eigenvalue weighted by Crippen LogP contribution is -2.46. The summed E-state index contributed by atoms with van der Waals surface area (Å²) in [5, 5.41) is 152. The van der Waals surface area contributed by atoms with E-state index in [4.69, 9.17) is 91.9 Å². The van der Waals surface area contributed by atoms with Gasteiger partial charge in [-0.05, 0) is 6.92 Å². The van der Waals surface area contributed by atoms with E-state index in [1.807, 2.05) is 0 Å². The molecule has 252 valence electrons. The number of aliphatic hydroxyl groups is 18. The van der Waals surface area contributed by atoms with Gasteiger partial charge in [0.05, 0.1) is 39.6 Å². The average Bonchev–Trinajstić information content (AvgIpc) is 3.01. The van der Waals surface area contributed by atoms with Gasteiger partial charge in [0.2, 0.25) is 0 Å². The molecular weight excluding hydrogens is 572 g/mol. The van der Waals surface area contributed by atoms with Crippen molar-refractivity contribution in [2.24, 2.45) is 0 Å². The molecule has 0 saturated heterocycles. The zero-order valence-corrected chi connectivity index (χ0v) is 22.3. The maximum atomic E-state index is 9.90. The monoisotopic (exact) mass is 620 g/mol. The fourth-order valence-corrected chi connectivity index (χ4v) is 1.56. The van der Waals surface area contributed by atoms with Crippen LogP contribution in [0.4, 0.5) is 0 Å². The van der Waals surface area contributed by atoms with Gasteiger partial charge in [-0.2, -0.15) is 0 Å². The minimum Gasteiger partial charge on any atom is -0.397 e. The van der Waals surface area contributed by atoms with E-state index < -0.39 is 93.6 Å². The highest BCUT2D eigenvalue weighted by Crippen LogP contribution is 2.03. The molecule has 20 nitrogen and oxygen atoms in total. The molecular formula is C21H48O20. The molecule has 0 fully saturated rings. The van der Waals surface area contributed by atoms with Gasteiger partial charge in [0.15, 0.2) is 12.6 Å². The van der Waals surface area contributed by atoms with Gasteiger partial charge in [-0.25, -0.2) is 0 Å². The quantitative estimate of drug-likeness (QED) is 0.0755. The number of hydrogen-bond donors (Lipinski definition) is 18. The van der Waals surface area contributed by atoms with Crippen molar-refractivity contribution in [3.8, 4) is 0 Å². The zero-order chi connectivity index (χ0) is 33.7. The smallest absolute Gasteiger partial charge is 0.151 e. The minimum atomic E-state index is -1.79. The van der Waals surface area contributed by atoms with E-state index in [0.29, 0.717) is 0 Å². The van der Waals surface area contributed by atoms with Gasteiger partial charge < -0.3 is 102 Å². The van der Waals surface area contributed by atoms with Crippen molar-refractivity contribution in [1.82, 2.24) is 0 Å². The Morgan fingerprint density at radius 1 is 0.415 bits per heavy atom. The fourth-order valence-electron chi connectivity index (χ4n) is 1.56. The van der Waals surface area contributed by atoms with E-state index in [2.05, 4.69) is 0 Å². The number of aliphatic hydroxyl groups excluding tert-OH is 18. The van der Waals surface area contributed by atoms with Crippen LogP contribution in [0.25, 0.3) is 0 Å². The molecule has 1 unspecified atom stereocenters. The summed E-state index contributed by atoms with van der Waals surface area (Å²) in [4.78, 5) is 19.7. The van der Waals surface area contributed by atoms with E-state index in [-0.39, 0.29) is 32.4 Å². The highest BCUT2D eigenvalue weighted by Gasteiger charge is 2.29. The Morgan fingerprint density at radius 3 is 0.878 bits per heavy atom. The van der Waals surface area contributed by atoms with Crippen LogP contribution in [0.5, 0.6) is 0 Å². The lowest BCUT2D eigenvalue weighted by Gasteiger charge is -2.22. The summed E-state index contributed by atoms with van der Waals surface area (Å²) in [6.45, 7) is -1.53. The normalized spacial score (nSPS) is 17.8. The molecule has 0 bridgehead atoms. The van der Waals surface area contributed by atoms with Crippen LogP contribution in [0.15, 0.2) is 0 Å². The van der Waals surface area contributed by atoms with Crippen molar-refractivity contribution in [3.05, 3.63) is 0 Å². The van der Waals surface area contributed by atoms with Crippen LogP contribution in [0.1, 0.15) is 6.92 Å². The van der Waals surface area contributed by atoms with E-state index in [1.165, 1.54) is 0 Å². The minimum absolute atomic E-state index is 0.0258. The predicted octanol–water partition coefficient (Wildman–Crippen LogP) is -10.7. The Hall–Kier alpha value is -1.38. The third-order valence-electron chi connectivity index (χ3n) is 4.08. The first-order valence-corrected chi connectivity index (χ1v) is 11.7. The third-order valence-corrected chi connectivity index (χ3v) is 4.08. The Labute approximate surface area is 235 Å². The molecule has 0 spiro atoms. The Bertz CT molecular complexity index is 531. The van der Waals surface area contributed by atoms with Gasteiger partial charge in [-0.1, -0.05) is 0 Å². The van der Waals surface area contributed by atoms with Crippen molar-refractivity contribution < 1.29 is 102 Å². The Kier molecular flexibility index (Phi) is 39.8. The largest absolute Gasteiger partial charge is 0.397 e. The molecule has 0 aromatic rings. The molecule has 20 heteroatoms. The lowest BCUT2D eigenvalue weighted by molar-refractivity contribution is -0.136. The van der Waals surface area contributed by atoms with Crippen molar-refractivity contribution in [2.45, 2.75) is 74.1 Å². The van der Waals surface area contributed by atoms with Gasteiger partial charge >= 0.3 is 0 Å². The average molecular weight is 621 g/mol. The summed E-state index contributed by atoms with van der Waals surface area (Å²) >= 11 is 0. The van der Waals surface area contributed by atoms with Crippen LogP contribution in [0.2, 0.25) is 0 Å². The van der Waals surface area contributed by atoms with Crippen LogP contribution >= 0.6 is 0 Å². The van der Waals surface area contributed by atoms with Crippen LogP contribution in [-0.4, -0.2) is 218 Å². The zero-order valence-electron chi connectivity index (χ0n) is 22.3. The molecule has 18 N–H and O–H groups in total. The van der Waals surface area contributed by atoms with Crippen LogP contribution in [0.3, 0.4) is 0 Å². The summed E-state index contributed by atoms with van der Waals surface area (Å²) in [6.07, 6.45) is -16.7. The van der Waals surface area contributed by atoms with Crippen molar-refractivity contribution in [2.75, 3.05) is 46.2 Å². The molecule has 0 aliphatic heterocycles. The standard InChI is InChI=1S/C6H12O6.C5H12O5.C5H10O5.C3H8O3.C2H6O/c7-1-3(9)5(11)6(12)4(10)2-8;2*6-1-3(8)5(10)4(9)2-7;4-1-3(6)2-5;1-2-3/h1,3-6,8-12H,2H2;3-10H,1-2H2;1,3-5,7-10H,2H2;3-6H,1-2H2;3H,2H2,1H3/t3-,4+,5+,6+;3-,4+,5?;3-,4+,5+;;/m0.0../s1. The molecule has 0 aliphatic carbocycles. The summed E-state index contributed by atoms with van der Waals surface area (Å²) < 4.78 is 0. The second-order valence-corrected chi connectivity index (χ2v) is 7.55. The maximum absolute atomic E-state index is 9.90. The topological polar surface area (TPSA) is 398 Å². The van der Waals surface area contributed by atoms with Crippen LogP contribution in [0, 0.1) is 0 Å². The Morgan fingerprint density at radius 2 is 0.659 bits per heavy atom. The molecule has 0 aromatic carbocycles. The summed E-state index contributed by atoms with van der Waals surface area (Å²) in [5.41, 5.74) is 0. The van der Waals surface area contributed by atoms with Crippen molar-refractivity contribution in [3.63, 3.8) is 0 Å². The maximum Gasteiger partial charge on any atom is 0.151 e. The fraction of sp³-hybridized carbons (Fsp3) is 0.905. The van der Waals surface area contributed by atoms with Crippen LogP contribution in [-0.2, 0) is 9.59 Å². The summed E-state index contributed by atoms with van der Waals surface area (Å²) in [6, 6.07) is 0. The van der Waals surface area contributed by atoms with Crippen molar-refractivity contribution >= 4 is 12.6 Å². The molecule has 0 radical (unpaired) electrons. The molecule has 0 aromatic heterocycles. The predicted molar refractivity (Wildman–Crippen MR) is 133 cm³/mol. The first kappa shape index (κ1) is 49.3. The molecule has 0 aliphatic rings. The van der Waals surface area contributed by atoms with E-state index in [9.17, 15) is 9.59 Å². The van der Waals surface area contributed by atoms with Gasteiger partial charge in [0.1, 0.15) is 67.1 Å². The highest BCUT2D eigenvalue weighted by molar-refractivity contribution is 5.57. The first-order valence-electron chi connectivity index (χ1n) is 11.7. The van der Waals surface area contributed by atoms with E-state index >= 15 is 0 Å². The van der Waals surface area contributed by atoms with Gasteiger partial charge in [-0.15, -0.1) is 0 Å². The molecule has 0 heterocycles. The SMILES string of the molecule is CCO.O=C[C@H](O)[C@@H](O)[C@H](O)CO.O=C[C@H](O)[C@@H](O)[C@H](O)[C@H](O)CO.OCC(O)CO.OC[C@@H](O)C(O)[C@@H](O)CO.